The molecule has 0 saturated heterocycles. The van der Waals surface area contributed by atoms with Gasteiger partial charge in [-0.2, -0.15) is 0 Å². The molecule has 0 amide bonds. The molecule has 0 spiro atoms. The monoisotopic (exact) mass is 1550 g/mol. The van der Waals surface area contributed by atoms with Crippen molar-refractivity contribution in [2.24, 2.45) is 0 Å². The smallest absolute Gasteiger partial charge is 0.462 e. The fourth-order valence-electron chi connectivity index (χ4n) is 10.4. The van der Waals surface area contributed by atoms with Gasteiger partial charge in [0.15, 0.2) is 12.2 Å². The fourth-order valence-corrected chi connectivity index (χ4v) is 12.0. The highest BCUT2D eigenvalue weighted by Gasteiger charge is 2.30. The van der Waals surface area contributed by atoms with Gasteiger partial charge in [0, 0.05) is 25.7 Å². The Balaban J connectivity index is 5.50. The molecule has 0 radical (unpaired) electrons. The quantitative estimate of drug-likeness (QED) is 0.0169. The second kappa shape index (κ2) is 79.5. The fraction of sp³-hybridized carbons (Fsp3) is 0.640. The van der Waals surface area contributed by atoms with E-state index < -0.39 is 97.5 Å². The number of aliphatic hydroxyl groups excluding tert-OH is 1. The molecule has 0 rings (SSSR count). The summed E-state index contributed by atoms with van der Waals surface area (Å²) in [6.07, 6.45) is 94.8. The Kier molecular flexibility index (Phi) is 75.4. The molecule has 0 aromatic carbocycles. The normalized spacial score (nSPS) is 14.7. The molecule has 0 saturated carbocycles. The van der Waals surface area contributed by atoms with Crippen LogP contribution in [-0.4, -0.2) is 96.7 Å². The molecule has 0 aliphatic heterocycles. The number of carbonyl (C=O) groups excluding carboxylic acids is 4. The summed E-state index contributed by atoms with van der Waals surface area (Å²) in [6.45, 7) is 4.46. The van der Waals surface area contributed by atoms with Gasteiger partial charge < -0.3 is 33.8 Å². The van der Waals surface area contributed by atoms with Crippen LogP contribution in [0.15, 0.2) is 170 Å². The van der Waals surface area contributed by atoms with E-state index in [1.54, 1.807) is 0 Å². The summed E-state index contributed by atoms with van der Waals surface area (Å²) < 4.78 is 68.6. The number of esters is 4. The standard InChI is InChI=1S/C89H146O17P2/c1-5-9-13-17-21-25-29-33-37-40-41-44-47-50-54-58-62-66-70-74-87(92)100-79-84(105-88(93)75-71-67-63-59-55-51-45-36-32-28-24-20-16-12-8-4)81-103-107(95,96)101-77-83(90)78-102-108(97,98)104-82-85(106-89(94)76-72-68-64-60-56-52-48-43-39-35-31-27-23-19-15-11-7-3)80-99-86(91)73-69-65-61-57-53-49-46-42-38-34-30-26-22-18-14-10-6-2/h10-11,14-15,21-23,25-27,33-39,41,44-46,48-49,52,57,60-61,64,83-85,90H,5-9,12-13,16-20,24,28-32,40,42-43,47,50-51,53-56,58-59,62-63,65-82H2,1-4H3,(H,95,96)(H,97,98)/b14-10-,15-11-,25-21-,26-22-,27-23-,37-33-,38-34-,39-35-,44-41-,45-36-,49-46-,52-48-,61-57-,64-60-. The van der Waals surface area contributed by atoms with Crippen LogP contribution in [0.2, 0.25) is 0 Å². The number of unbranched alkanes of at least 4 members (excludes halogenated alkanes) is 22. The maximum Gasteiger partial charge on any atom is 0.472 e. The third kappa shape index (κ3) is 78.5. The van der Waals surface area contributed by atoms with Gasteiger partial charge in [0.05, 0.1) is 26.4 Å². The lowest BCUT2D eigenvalue weighted by Gasteiger charge is -2.21. The van der Waals surface area contributed by atoms with E-state index in [-0.39, 0.29) is 25.7 Å². The van der Waals surface area contributed by atoms with Crippen LogP contribution in [0.25, 0.3) is 0 Å². The zero-order valence-electron chi connectivity index (χ0n) is 67.2. The van der Waals surface area contributed by atoms with Gasteiger partial charge >= 0.3 is 39.5 Å². The van der Waals surface area contributed by atoms with E-state index in [1.165, 1.54) is 57.8 Å². The number of aliphatic hydroxyl groups is 1. The van der Waals surface area contributed by atoms with Gasteiger partial charge in [-0.05, 0) is 167 Å². The van der Waals surface area contributed by atoms with E-state index in [1.807, 2.05) is 24.3 Å². The van der Waals surface area contributed by atoms with Gasteiger partial charge in [0.2, 0.25) is 0 Å². The van der Waals surface area contributed by atoms with Gasteiger partial charge in [-0.3, -0.25) is 37.3 Å². The molecule has 0 aromatic heterocycles. The summed E-state index contributed by atoms with van der Waals surface area (Å²) in [6, 6.07) is 0. The van der Waals surface area contributed by atoms with Crippen LogP contribution < -0.4 is 0 Å². The number of ether oxygens (including phenoxy) is 4. The Hall–Kier alpha value is -5.58. The number of allylic oxidation sites excluding steroid dienone is 28. The first kappa shape index (κ1) is 102. The van der Waals surface area contributed by atoms with Crippen LogP contribution in [0.5, 0.6) is 0 Å². The van der Waals surface area contributed by atoms with Crippen molar-refractivity contribution in [3.63, 3.8) is 0 Å². The topological polar surface area (TPSA) is 237 Å². The summed E-state index contributed by atoms with van der Waals surface area (Å²) in [7, 11) is -10.0. The first-order valence-electron chi connectivity index (χ1n) is 41.4. The molecule has 0 aliphatic carbocycles. The van der Waals surface area contributed by atoms with Crippen molar-refractivity contribution in [2.45, 2.75) is 329 Å². The first-order valence-corrected chi connectivity index (χ1v) is 44.4. The number of hydrogen-bond donors (Lipinski definition) is 3. The summed E-state index contributed by atoms with van der Waals surface area (Å²) in [4.78, 5) is 73.1. The maximum atomic E-state index is 13.1. The maximum absolute atomic E-state index is 13.1. The SMILES string of the molecule is CC/C=C\C/C=C\C/C=C\C/C=C\C/C=C\CCCC(=O)OCC(COP(=O)(O)OCC(O)COP(=O)(O)OCC(COC(=O)CCCCCCCC/C=C\C/C=C\C/C=C\CCCCC)OC(=O)CCCCCCC/C=C\CCCCCCCC)OC(=O)CCC/C=C\C/C=C\C/C=C\C/C=C\C/C=C\CC. The lowest BCUT2D eigenvalue weighted by atomic mass is 10.1. The van der Waals surface area contributed by atoms with Crippen LogP contribution in [-0.2, 0) is 65.4 Å². The van der Waals surface area contributed by atoms with Crippen LogP contribution in [0.4, 0.5) is 0 Å². The number of hydrogen-bond acceptors (Lipinski definition) is 15. The molecular weight excluding hydrogens is 1400 g/mol. The molecule has 17 nitrogen and oxygen atoms in total. The Morgan fingerprint density at radius 1 is 0.269 bits per heavy atom. The van der Waals surface area contributed by atoms with Gasteiger partial charge in [0.25, 0.3) is 0 Å². The molecule has 3 N–H and O–H groups in total. The van der Waals surface area contributed by atoms with E-state index in [9.17, 15) is 43.2 Å². The number of phosphoric acid groups is 2. The highest BCUT2D eigenvalue weighted by atomic mass is 31.2. The van der Waals surface area contributed by atoms with Gasteiger partial charge in [-0.25, -0.2) is 9.13 Å². The number of rotatable bonds is 76. The summed E-state index contributed by atoms with van der Waals surface area (Å²) in [5, 5.41) is 10.7. The zero-order valence-corrected chi connectivity index (χ0v) is 69.0. The molecule has 19 heteroatoms. The van der Waals surface area contributed by atoms with Crippen LogP contribution in [0.1, 0.15) is 310 Å². The Labute approximate surface area is 654 Å². The van der Waals surface area contributed by atoms with E-state index in [2.05, 4.69) is 174 Å². The Bertz CT molecular complexity index is 2710. The Morgan fingerprint density at radius 3 is 0.815 bits per heavy atom. The minimum atomic E-state index is -5.02. The van der Waals surface area contributed by atoms with Crippen molar-refractivity contribution in [3.05, 3.63) is 170 Å². The van der Waals surface area contributed by atoms with Crippen LogP contribution >= 0.6 is 15.6 Å². The van der Waals surface area contributed by atoms with Crippen molar-refractivity contribution in [1.82, 2.24) is 0 Å². The molecule has 108 heavy (non-hydrogen) atoms. The minimum Gasteiger partial charge on any atom is -0.462 e. The third-order valence-corrected chi connectivity index (χ3v) is 18.5. The second-order valence-corrected chi connectivity index (χ2v) is 29.8. The highest BCUT2D eigenvalue weighted by Crippen LogP contribution is 2.45. The second-order valence-electron chi connectivity index (χ2n) is 26.9. The predicted molar refractivity (Wildman–Crippen MR) is 445 cm³/mol. The first-order chi connectivity index (χ1) is 52.7. The van der Waals surface area contributed by atoms with Gasteiger partial charge in [-0.1, -0.05) is 288 Å². The lowest BCUT2D eigenvalue weighted by Crippen LogP contribution is -2.30. The average molecular weight is 1550 g/mol. The van der Waals surface area contributed by atoms with Crippen molar-refractivity contribution in [2.75, 3.05) is 39.6 Å². The van der Waals surface area contributed by atoms with Gasteiger partial charge in [0.1, 0.15) is 19.3 Å². The molecule has 0 heterocycles. The minimum absolute atomic E-state index is 0.00208. The molecular formula is C89H146O17P2. The third-order valence-electron chi connectivity index (χ3n) is 16.6. The van der Waals surface area contributed by atoms with E-state index in [0.717, 1.165) is 161 Å². The van der Waals surface area contributed by atoms with E-state index in [4.69, 9.17) is 37.0 Å². The van der Waals surface area contributed by atoms with Gasteiger partial charge in [-0.15, -0.1) is 0 Å². The molecule has 5 unspecified atom stereocenters. The largest absolute Gasteiger partial charge is 0.472 e. The lowest BCUT2D eigenvalue weighted by molar-refractivity contribution is -0.161. The summed E-state index contributed by atoms with van der Waals surface area (Å²) >= 11 is 0. The van der Waals surface area contributed by atoms with E-state index >= 15 is 0 Å². The predicted octanol–water partition coefficient (Wildman–Crippen LogP) is 24.6. The van der Waals surface area contributed by atoms with Crippen molar-refractivity contribution in [1.29, 1.82) is 0 Å². The molecule has 614 valence electrons. The Morgan fingerprint density at radius 2 is 0.491 bits per heavy atom. The van der Waals surface area contributed by atoms with Crippen molar-refractivity contribution in [3.8, 4) is 0 Å². The summed E-state index contributed by atoms with van der Waals surface area (Å²) in [5.74, 6) is -2.34. The van der Waals surface area contributed by atoms with E-state index in [0.29, 0.717) is 38.5 Å². The molecule has 0 aromatic rings. The zero-order chi connectivity index (χ0) is 78.9. The van der Waals surface area contributed by atoms with Crippen LogP contribution in [0.3, 0.4) is 0 Å². The highest BCUT2D eigenvalue weighted by molar-refractivity contribution is 7.47. The van der Waals surface area contributed by atoms with Crippen molar-refractivity contribution >= 4 is 39.5 Å². The number of phosphoric ester groups is 2. The van der Waals surface area contributed by atoms with Crippen LogP contribution in [0, 0.1) is 0 Å². The van der Waals surface area contributed by atoms with Crippen molar-refractivity contribution < 1.29 is 80.2 Å². The molecule has 5 atom stereocenters. The number of carbonyl (C=O) groups is 4. The molecule has 0 fully saturated rings. The summed E-state index contributed by atoms with van der Waals surface area (Å²) in [5.41, 5.74) is 0. The molecule has 0 aliphatic rings. The average Bonchev–Trinajstić information content (AvgIpc) is 0.901. The molecule has 0 bridgehead atoms.